The third-order valence-corrected chi connectivity index (χ3v) is 6.35. The van der Waals surface area contributed by atoms with Gasteiger partial charge in [-0.2, -0.15) is 0 Å². The van der Waals surface area contributed by atoms with Gasteiger partial charge in [0.1, 0.15) is 9.88 Å². The second-order valence-corrected chi connectivity index (χ2v) is 8.43. The van der Waals surface area contributed by atoms with Gasteiger partial charge in [0.25, 0.3) is 0 Å². The van der Waals surface area contributed by atoms with Crippen LogP contribution < -0.4 is 10.5 Å². The fraction of sp³-hybridized carbons (Fsp3) is 0.500. The highest BCUT2D eigenvalue weighted by Gasteiger charge is 2.45. The zero-order valence-corrected chi connectivity index (χ0v) is 14.4. The van der Waals surface area contributed by atoms with E-state index in [1.807, 2.05) is 0 Å². The molecule has 0 spiro atoms. The van der Waals surface area contributed by atoms with Crippen LogP contribution in [0.5, 0.6) is 0 Å². The zero-order chi connectivity index (χ0) is 15.8. The third-order valence-electron chi connectivity index (χ3n) is 4.24. The molecule has 0 amide bonds. The van der Waals surface area contributed by atoms with Crippen molar-refractivity contribution in [3.8, 4) is 0 Å². The average molecular weight is 347 g/mol. The van der Waals surface area contributed by atoms with Gasteiger partial charge in [-0.3, -0.25) is 0 Å². The molecule has 1 fully saturated rings. The molecule has 0 heterocycles. The molecule has 0 saturated heterocycles. The minimum atomic E-state index is -3.67. The van der Waals surface area contributed by atoms with E-state index in [9.17, 15) is 8.42 Å². The van der Waals surface area contributed by atoms with Gasteiger partial charge in [0, 0.05) is 12.1 Å². The van der Waals surface area contributed by atoms with Crippen molar-refractivity contribution >= 4 is 38.8 Å². The number of nitrogens with one attached hydrogen (secondary N) is 1. The standard InChI is InChI=1S/C14H19ClN2O2S2/c1-9(2)14(5-6-14)8-17-21(18,19)12-7-10(13(16)20)3-4-11(12)15/h3-4,7,9,17H,5-6,8H2,1-2H3,(H2,16,20). The predicted molar refractivity (Wildman–Crippen MR) is 89.0 cm³/mol. The van der Waals surface area contributed by atoms with Crippen molar-refractivity contribution in [1.29, 1.82) is 0 Å². The van der Waals surface area contributed by atoms with Crippen LogP contribution in [0.25, 0.3) is 0 Å². The zero-order valence-electron chi connectivity index (χ0n) is 12.0. The van der Waals surface area contributed by atoms with E-state index >= 15 is 0 Å². The number of rotatable bonds is 6. The van der Waals surface area contributed by atoms with E-state index in [4.69, 9.17) is 29.6 Å². The van der Waals surface area contributed by atoms with Gasteiger partial charge in [-0.05, 0) is 36.3 Å². The number of hydrogen-bond acceptors (Lipinski definition) is 3. The molecule has 4 nitrogen and oxygen atoms in total. The highest BCUT2D eigenvalue weighted by molar-refractivity contribution is 7.89. The monoisotopic (exact) mass is 346 g/mol. The molecule has 116 valence electrons. The van der Waals surface area contributed by atoms with Crippen molar-refractivity contribution < 1.29 is 8.42 Å². The molecule has 0 aromatic heterocycles. The number of benzene rings is 1. The van der Waals surface area contributed by atoms with Gasteiger partial charge in [0.15, 0.2) is 0 Å². The summed E-state index contributed by atoms with van der Waals surface area (Å²) in [6.45, 7) is 4.66. The Balaban J connectivity index is 2.24. The Morgan fingerprint density at radius 2 is 2.10 bits per heavy atom. The summed E-state index contributed by atoms with van der Waals surface area (Å²) in [4.78, 5) is 0.165. The molecule has 1 saturated carbocycles. The molecular formula is C14H19ClN2O2S2. The minimum Gasteiger partial charge on any atom is -0.389 e. The summed E-state index contributed by atoms with van der Waals surface area (Å²) in [5, 5.41) is 0.164. The number of nitrogens with two attached hydrogens (primary N) is 1. The molecule has 21 heavy (non-hydrogen) atoms. The first kappa shape index (κ1) is 16.7. The highest BCUT2D eigenvalue weighted by atomic mass is 35.5. The second-order valence-electron chi connectivity index (χ2n) is 5.85. The molecule has 0 atom stereocenters. The van der Waals surface area contributed by atoms with Crippen molar-refractivity contribution in [2.75, 3.05) is 6.54 Å². The Hall–Kier alpha value is -0.690. The Kier molecular flexibility index (Phi) is 4.63. The molecule has 3 N–H and O–H groups in total. The van der Waals surface area contributed by atoms with E-state index in [2.05, 4.69) is 18.6 Å². The summed E-state index contributed by atoms with van der Waals surface area (Å²) >= 11 is 10.9. The van der Waals surface area contributed by atoms with Crippen molar-refractivity contribution in [1.82, 2.24) is 4.72 Å². The fourth-order valence-corrected chi connectivity index (χ4v) is 4.09. The normalized spacial score (nSPS) is 17.0. The Bertz CT molecular complexity index is 668. The number of sulfonamides is 1. The number of hydrogen-bond donors (Lipinski definition) is 2. The molecule has 0 bridgehead atoms. The van der Waals surface area contributed by atoms with Crippen LogP contribution in [0, 0.1) is 11.3 Å². The molecule has 1 aromatic carbocycles. The van der Waals surface area contributed by atoms with Crippen LogP contribution in [0.1, 0.15) is 32.3 Å². The number of thiocarbonyl (C=S) groups is 1. The van der Waals surface area contributed by atoms with Crippen molar-refractivity contribution in [3.63, 3.8) is 0 Å². The number of halogens is 1. The summed E-state index contributed by atoms with van der Waals surface area (Å²) in [5.74, 6) is 0.443. The average Bonchev–Trinajstić information content (AvgIpc) is 3.17. The van der Waals surface area contributed by atoms with Crippen LogP contribution in [0.2, 0.25) is 5.02 Å². The quantitative estimate of drug-likeness (QED) is 0.777. The van der Waals surface area contributed by atoms with E-state index in [-0.39, 0.29) is 20.3 Å². The smallest absolute Gasteiger partial charge is 0.242 e. The van der Waals surface area contributed by atoms with Gasteiger partial charge >= 0.3 is 0 Å². The second kappa shape index (κ2) is 5.83. The molecular weight excluding hydrogens is 328 g/mol. The van der Waals surface area contributed by atoms with E-state index in [1.165, 1.54) is 12.1 Å². The summed E-state index contributed by atoms with van der Waals surface area (Å²) in [6.07, 6.45) is 2.10. The van der Waals surface area contributed by atoms with E-state index in [0.717, 1.165) is 12.8 Å². The molecule has 0 radical (unpaired) electrons. The molecule has 1 aliphatic carbocycles. The molecule has 0 aliphatic heterocycles. The van der Waals surface area contributed by atoms with Crippen LogP contribution in [0.15, 0.2) is 23.1 Å². The lowest BCUT2D eigenvalue weighted by atomic mass is 9.93. The minimum absolute atomic E-state index is 0.0222. The first-order valence-corrected chi connectivity index (χ1v) is 9.04. The lowest BCUT2D eigenvalue weighted by Gasteiger charge is -2.20. The van der Waals surface area contributed by atoms with Crippen molar-refractivity contribution in [2.45, 2.75) is 31.6 Å². The SMILES string of the molecule is CC(C)C1(CNS(=O)(=O)c2cc(C(N)=S)ccc2Cl)CC1. The van der Waals surface area contributed by atoms with Gasteiger partial charge in [0.2, 0.25) is 10.0 Å². The molecule has 1 aromatic rings. The maximum Gasteiger partial charge on any atom is 0.242 e. The summed E-state index contributed by atoms with van der Waals surface area (Å²) in [6, 6.07) is 4.53. The Morgan fingerprint density at radius 1 is 1.48 bits per heavy atom. The molecule has 1 aliphatic rings. The highest BCUT2D eigenvalue weighted by Crippen LogP contribution is 2.51. The Labute approximate surface area is 136 Å². The van der Waals surface area contributed by atoms with Gasteiger partial charge in [0.05, 0.1) is 5.02 Å². The lowest BCUT2D eigenvalue weighted by molar-refractivity contribution is 0.357. The summed E-state index contributed by atoms with van der Waals surface area (Å²) in [7, 11) is -3.67. The first-order chi connectivity index (χ1) is 9.68. The van der Waals surface area contributed by atoms with Crippen LogP contribution in [-0.4, -0.2) is 20.0 Å². The van der Waals surface area contributed by atoms with E-state index < -0.39 is 10.0 Å². The lowest BCUT2D eigenvalue weighted by Crippen LogP contribution is -2.33. The summed E-state index contributed by atoms with van der Waals surface area (Å²) in [5.41, 5.74) is 6.11. The van der Waals surface area contributed by atoms with E-state index in [1.54, 1.807) is 6.07 Å². The largest absolute Gasteiger partial charge is 0.389 e. The van der Waals surface area contributed by atoms with Crippen molar-refractivity contribution in [2.24, 2.45) is 17.1 Å². The Morgan fingerprint density at radius 3 is 2.57 bits per heavy atom. The maximum absolute atomic E-state index is 12.4. The van der Waals surface area contributed by atoms with Gasteiger partial charge in [-0.1, -0.05) is 43.7 Å². The fourth-order valence-electron chi connectivity index (χ4n) is 2.30. The third kappa shape index (κ3) is 3.56. The topological polar surface area (TPSA) is 72.2 Å². The van der Waals surface area contributed by atoms with Gasteiger partial charge in [-0.15, -0.1) is 0 Å². The summed E-state index contributed by atoms with van der Waals surface area (Å²) < 4.78 is 27.6. The molecule has 7 heteroatoms. The van der Waals surface area contributed by atoms with Gasteiger partial charge in [-0.25, -0.2) is 13.1 Å². The predicted octanol–water partition coefficient (Wildman–Crippen LogP) is 2.69. The first-order valence-electron chi connectivity index (χ1n) is 6.77. The maximum atomic E-state index is 12.4. The van der Waals surface area contributed by atoms with Crippen LogP contribution in [0.4, 0.5) is 0 Å². The van der Waals surface area contributed by atoms with Crippen LogP contribution in [0.3, 0.4) is 0 Å². The van der Waals surface area contributed by atoms with E-state index in [0.29, 0.717) is 18.0 Å². The van der Waals surface area contributed by atoms with Crippen molar-refractivity contribution in [3.05, 3.63) is 28.8 Å². The van der Waals surface area contributed by atoms with Gasteiger partial charge < -0.3 is 5.73 Å². The van der Waals surface area contributed by atoms with Crippen LogP contribution in [-0.2, 0) is 10.0 Å². The molecule has 0 unspecified atom stereocenters. The molecule has 2 rings (SSSR count). The van der Waals surface area contributed by atoms with Crippen LogP contribution >= 0.6 is 23.8 Å².